The van der Waals surface area contributed by atoms with Gasteiger partial charge >= 0.3 is 5.97 Å². The van der Waals surface area contributed by atoms with E-state index in [4.69, 9.17) is 21.6 Å². The summed E-state index contributed by atoms with van der Waals surface area (Å²) in [6, 6.07) is 16.1. The average Bonchev–Trinajstić information content (AvgIpc) is 3.13. The third-order valence-corrected chi connectivity index (χ3v) is 5.21. The lowest BCUT2D eigenvalue weighted by Gasteiger charge is -2.27. The summed E-state index contributed by atoms with van der Waals surface area (Å²) in [6.45, 7) is 0.415. The number of nitrogens with zero attached hydrogens (tertiary/aromatic N) is 2. The summed E-state index contributed by atoms with van der Waals surface area (Å²) in [5.74, 6) is -1.32. The number of cyclic esters (lactones) is 1. The van der Waals surface area contributed by atoms with Gasteiger partial charge < -0.3 is 14.7 Å². The fourth-order valence-corrected chi connectivity index (χ4v) is 3.55. The highest BCUT2D eigenvalue weighted by molar-refractivity contribution is 6.30. The van der Waals surface area contributed by atoms with Crippen molar-refractivity contribution in [2.24, 2.45) is 5.92 Å². The molecule has 1 N–H and O–H groups in total. The summed E-state index contributed by atoms with van der Waals surface area (Å²) < 4.78 is 5.41. The molecule has 0 aliphatic carbocycles. The van der Waals surface area contributed by atoms with Crippen molar-refractivity contribution in [2.45, 2.75) is 18.9 Å². The number of hydrogen-bond donors (Lipinski definition) is 1. The van der Waals surface area contributed by atoms with E-state index >= 15 is 0 Å². The highest BCUT2D eigenvalue weighted by Crippen LogP contribution is 2.36. The summed E-state index contributed by atoms with van der Waals surface area (Å²) in [4.78, 5) is 26.7. The first kappa shape index (κ1) is 20.8. The van der Waals surface area contributed by atoms with Crippen LogP contribution < -0.4 is 0 Å². The summed E-state index contributed by atoms with van der Waals surface area (Å²) in [6.07, 6.45) is -0.0994. The standard InChI is InChI=1S/C22H21ClN2O4/c23-18-7-3-15(4-8-18)9-10-25(11-12-26)22(28)19-13-20(27)29-21(19)17-5-1-16(14-24)2-6-17/h1-8,19,21,26H,9-13H2/t19-,21?/m0/s1. The number of nitriles is 1. The Hall–Kier alpha value is -2.88. The molecular weight excluding hydrogens is 392 g/mol. The molecule has 0 spiro atoms. The Bertz CT molecular complexity index is 906. The van der Waals surface area contributed by atoms with Crippen molar-refractivity contribution in [3.05, 3.63) is 70.2 Å². The molecule has 0 bridgehead atoms. The molecule has 2 aromatic carbocycles. The summed E-state index contributed by atoms with van der Waals surface area (Å²) >= 11 is 5.91. The Morgan fingerprint density at radius 2 is 1.86 bits per heavy atom. The first-order chi connectivity index (χ1) is 14.0. The molecule has 1 amide bonds. The van der Waals surface area contributed by atoms with Gasteiger partial charge in [0.2, 0.25) is 5.91 Å². The minimum absolute atomic E-state index is 0.00756. The smallest absolute Gasteiger partial charge is 0.307 e. The number of rotatable bonds is 7. The van der Waals surface area contributed by atoms with E-state index in [-0.39, 0.29) is 25.5 Å². The summed E-state index contributed by atoms with van der Waals surface area (Å²) in [7, 11) is 0. The van der Waals surface area contributed by atoms with E-state index in [1.54, 1.807) is 41.3 Å². The zero-order valence-corrected chi connectivity index (χ0v) is 16.5. The number of esters is 1. The van der Waals surface area contributed by atoms with E-state index in [1.165, 1.54) is 0 Å². The van der Waals surface area contributed by atoms with Gasteiger partial charge in [-0.2, -0.15) is 5.26 Å². The molecular formula is C22H21ClN2O4. The molecule has 29 heavy (non-hydrogen) atoms. The zero-order chi connectivity index (χ0) is 20.8. The SMILES string of the molecule is N#Cc1ccc(C2OC(=O)C[C@@H]2C(=O)N(CCO)CCc2ccc(Cl)cc2)cc1. The number of halogens is 1. The second-order valence-electron chi connectivity index (χ2n) is 6.88. The van der Waals surface area contributed by atoms with E-state index in [1.807, 2.05) is 18.2 Å². The predicted molar refractivity (Wildman–Crippen MR) is 107 cm³/mol. The molecule has 3 rings (SSSR count). The highest BCUT2D eigenvalue weighted by Gasteiger charge is 2.42. The second kappa shape index (κ2) is 9.55. The minimum Gasteiger partial charge on any atom is -0.457 e. The second-order valence-corrected chi connectivity index (χ2v) is 7.32. The number of ether oxygens (including phenoxy) is 1. The van der Waals surface area contributed by atoms with Crippen LogP contribution in [0.5, 0.6) is 0 Å². The molecule has 0 radical (unpaired) electrons. The largest absolute Gasteiger partial charge is 0.457 e. The van der Waals surface area contributed by atoms with Crippen molar-refractivity contribution in [2.75, 3.05) is 19.7 Å². The van der Waals surface area contributed by atoms with E-state index in [0.29, 0.717) is 29.1 Å². The fourth-order valence-electron chi connectivity index (χ4n) is 3.43. The number of amides is 1. The molecule has 1 aliphatic rings. The maximum atomic E-state index is 13.2. The van der Waals surface area contributed by atoms with Crippen LogP contribution in [0.1, 0.15) is 29.2 Å². The molecule has 2 atom stereocenters. The normalized spacial score (nSPS) is 18.2. The predicted octanol–water partition coefficient (Wildman–Crippen LogP) is 2.88. The van der Waals surface area contributed by atoms with Crippen LogP contribution in [0.15, 0.2) is 48.5 Å². The van der Waals surface area contributed by atoms with E-state index in [2.05, 4.69) is 0 Å². The topological polar surface area (TPSA) is 90.6 Å². The van der Waals surface area contributed by atoms with Crippen molar-refractivity contribution in [3.8, 4) is 6.07 Å². The van der Waals surface area contributed by atoms with Crippen molar-refractivity contribution < 1.29 is 19.4 Å². The Morgan fingerprint density at radius 3 is 2.48 bits per heavy atom. The lowest BCUT2D eigenvalue weighted by molar-refractivity contribution is -0.142. The number of benzene rings is 2. The molecule has 6 nitrogen and oxygen atoms in total. The molecule has 1 fully saturated rings. The minimum atomic E-state index is -0.695. The van der Waals surface area contributed by atoms with E-state index in [0.717, 1.165) is 5.56 Å². The molecule has 1 heterocycles. The fraction of sp³-hybridized carbons (Fsp3) is 0.318. The quantitative estimate of drug-likeness (QED) is 0.706. The van der Waals surface area contributed by atoms with Crippen LogP contribution in [0, 0.1) is 17.2 Å². The lowest BCUT2D eigenvalue weighted by atomic mass is 9.93. The van der Waals surface area contributed by atoms with Gasteiger partial charge in [0.1, 0.15) is 6.10 Å². The van der Waals surface area contributed by atoms with Gasteiger partial charge in [0.15, 0.2) is 0 Å². The van der Waals surface area contributed by atoms with Crippen molar-refractivity contribution in [1.29, 1.82) is 5.26 Å². The zero-order valence-electron chi connectivity index (χ0n) is 15.8. The van der Waals surface area contributed by atoms with Gasteiger partial charge in [0, 0.05) is 18.1 Å². The Balaban J connectivity index is 1.74. The number of carbonyl (C=O) groups excluding carboxylic acids is 2. The van der Waals surface area contributed by atoms with Crippen LogP contribution in [0.4, 0.5) is 0 Å². The van der Waals surface area contributed by atoms with Gasteiger partial charge in [0.05, 0.1) is 30.6 Å². The van der Waals surface area contributed by atoms with Crippen LogP contribution in [0.25, 0.3) is 0 Å². The van der Waals surface area contributed by atoms with Crippen molar-refractivity contribution >= 4 is 23.5 Å². The molecule has 1 saturated heterocycles. The Morgan fingerprint density at radius 1 is 1.17 bits per heavy atom. The number of carbonyl (C=O) groups is 2. The monoisotopic (exact) mass is 412 g/mol. The van der Waals surface area contributed by atoms with Crippen LogP contribution in [-0.2, 0) is 20.7 Å². The van der Waals surface area contributed by atoms with Gasteiger partial charge in [-0.1, -0.05) is 35.9 Å². The van der Waals surface area contributed by atoms with Gasteiger partial charge in [0.25, 0.3) is 0 Å². The van der Waals surface area contributed by atoms with Crippen LogP contribution in [0.2, 0.25) is 5.02 Å². The van der Waals surface area contributed by atoms with Crippen LogP contribution >= 0.6 is 11.6 Å². The highest BCUT2D eigenvalue weighted by atomic mass is 35.5. The van der Waals surface area contributed by atoms with Gasteiger partial charge in [-0.05, 0) is 41.8 Å². The summed E-state index contributed by atoms with van der Waals surface area (Å²) in [5, 5.41) is 19.0. The summed E-state index contributed by atoms with van der Waals surface area (Å²) in [5.41, 5.74) is 2.19. The third kappa shape index (κ3) is 5.14. The first-order valence-electron chi connectivity index (χ1n) is 9.35. The van der Waals surface area contributed by atoms with Crippen molar-refractivity contribution in [1.82, 2.24) is 4.90 Å². The number of aliphatic hydroxyl groups is 1. The Kier molecular flexibility index (Phi) is 6.86. The van der Waals surface area contributed by atoms with E-state index in [9.17, 15) is 14.7 Å². The lowest BCUT2D eigenvalue weighted by Crippen LogP contribution is -2.40. The first-order valence-corrected chi connectivity index (χ1v) is 9.73. The molecule has 150 valence electrons. The maximum Gasteiger partial charge on any atom is 0.307 e. The maximum absolute atomic E-state index is 13.2. The molecule has 1 aliphatic heterocycles. The van der Waals surface area contributed by atoms with Gasteiger partial charge in [-0.3, -0.25) is 9.59 Å². The Labute approximate surface area is 174 Å². The number of hydrogen-bond acceptors (Lipinski definition) is 5. The molecule has 0 saturated carbocycles. The van der Waals surface area contributed by atoms with Crippen LogP contribution in [-0.4, -0.2) is 41.6 Å². The van der Waals surface area contributed by atoms with Gasteiger partial charge in [-0.15, -0.1) is 0 Å². The molecule has 2 aromatic rings. The van der Waals surface area contributed by atoms with Gasteiger partial charge in [-0.25, -0.2) is 0 Å². The molecule has 0 aromatic heterocycles. The van der Waals surface area contributed by atoms with Crippen LogP contribution in [0.3, 0.4) is 0 Å². The molecule has 7 heteroatoms. The van der Waals surface area contributed by atoms with E-state index < -0.39 is 18.0 Å². The third-order valence-electron chi connectivity index (χ3n) is 4.96. The number of aliphatic hydroxyl groups excluding tert-OH is 1. The average molecular weight is 413 g/mol. The molecule has 1 unspecified atom stereocenters. The van der Waals surface area contributed by atoms with Crippen molar-refractivity contribution in [3.63, 3.8) is 0 Å².